The summed E-state index contributed by atoms with van der Waals surface area (Å²) in [5, 5.41) is 11.3. The number of ether oxygens (including phenoxy) is 1. The molecule has 1 fully saturated rings. The zero-order valence-electron chi connectivity index (χ0n) is 21.4. The molecule has 3 aromatic rings. The van der Waals surface area contributed by atoms with Gasteiger partial charge in [0.2, 0.25) is 0 Å². The van der Waals surface area contributed by atoms with E-state index >= 15 is 0 Å². The number of amides is 1. The summed E-state index contributed by atoms with van der Waals surface area (Å²) < 4.78 is 5.73. The molecule has 0 radical (unpaired) electrons. The molecular weight excluding hydrogens is 452 g/mol. The van der Waals surface area contributed by atoms with Crippen LogP contribution in [-0.2, 0) is 15.0 Å². The summed E-state index contributed by atoms with van der Waals surface area (Å²) in [4.78, 5) is 32.5. The Hall–Kier alpha value is -3.93. The van der Waals surface area contributed by atoms with Crippen molar-refractivity contribution in [3.05, 3.63) is 95.3 Å². The van der Waals surface area contributed by atoms with Crippen LogP contribution in [0, 0.1) is 5.92 Å². The van der Waals surface area contributed by atoms with Crippen LogP contribution in [0.4, 0.5) is 5.69 Å². The van der Waals surface area contributed by atoms with E-state index in [1.54, 1.807) is 48.7 Å². The van der Waals surface area contributed by atoms with Crippen molar-refractivity contribution in [2.45, 2.75) is 46.1 Å². The molecule has 1 atom stereocenters. The Balaban J connectivity index is 1.79. The number of carbonyl (C=O) groups excluding carboxylic acids is 2. The molecule has 1 amide bonds. The molecule has 2 aromatic carbocycles. The van der Waals surface area contributed by atoms with E-state index in [0.29, 0.717) is 35.2 Å². The fourth-order valence-corrected chi connectivity index (χ4v) is 4.17. The number of rotatable bonds is 6. The number of pyridine rings is 1. The summed E-state index contributed by atoms with van der Waals surface area (Å²) in [6, 6.07) is 18.9. The van der Waals surface area contributed by atoms with Crippen molar-refractivity contribution < 1.29 is 19.4 Å². The van der Waals surface area contributed by atoms with Gasteiger partial charge in [-0.15, -0.1) is 0 Å². The standard InChI is InChI=1S/C30H32N2O4/c1-19(2)18-36-23-15-9-20(10-16-23)27(33)25-26(24-8-6-7-17-31-24)32(29(35)28(25)34)22-13-11-21(12-14-22)30(3,4)5/h6-17,19,26,33H,18H2,1-5H3/b27-25+. The maximum atomic E-state index is 13.3. The molecule has 36 heavy (non-hydrogen) atoms. The molecule has 4 rings (SSSR count). The van der Waals surface area contributed by atoms with E-state index in [0.717, 1.165) is 5.56 Å². The molecule has 1 aliphatic rings. The van der Waals surface area contributed by atoms with Gasteiger partial charge >= 0.3 is 0 Å². The first-order valence-corrected chi connectivity index (χ1v) is 12.1. The number of carbonyl (C=O) groups is 2. The van der Waals surface area contributed by atoms with Crippen molar-refractivity contribution >= 4 is 23.1 Å². The van der Waals surface area contributed by atoms with E-state index < -0.39 is 17.7 Å². The first kappa shape index (κ1) is 25.2. The lowest BCUT2D eigenvalue weighted by molar-refractivity contribution is -0.132. The maximum absolute atomic E-state index is 13.3. The number of aromatic nitrogens is 1. The molecule has 0 spiro atoms. The quantitative estimate of drug-likeness (QED) is 0.262. The highest BCUT2D eigenvalue weighted by molar-refractivity contribution is 6.51. The molecule has 2 heterocycles. The molecule has 0 saturated carbocycles. The minimum atomic E-state index is -0.858. The van der Waals surface area contributed by atoms with Gasteiger partial charge in [0, 0.05) is 17.4 Å². The first-order valence-electron chi connectivity index (χ1n) is 12.1. The number of ketones is 1. The van der Waals surface area contributed by atoms with E-state index in [9.17, 15) is 14.7 Å². The maximum Gasteiger partial charge on any atom is 0.300 e. The van der Waals surface area contributed by atoms with Crippen LogP contribution in [0.1, 0.15) is 57.5 Å². The zero-order chi connectivity index (χ0) is 26.0. The van der Waals surface area contributed by atoms with Gasteiger partial charge in [0.1, 0.15) is 17.6 Å². The largest absolute Gasteiger partial charge is 0.507 e. The minimum absolute atomic E-state index is 0.00875. The molecule has 6 nitrogen and oxygen atoms in total. The van der Waals surface area contributed by atoms with Gasteiger partial charge in [0.05, 0.1) is 17.9 Å². The third kappa shape index (κ3) is 5.03. The third-order valence-electron chi connectivity index (χ3n) is 6.13. The predicted molar refractivity (Wildman–Crippen MR) is 141 cm³/mol. The summed E-state index contributed by atoms with van der Waals surface area (Å²) in [6.45, 7) is 11.0. The number of Topliss-reactive ketones (excluding diaryl/α,β-unsaturated/α-hetero) is 1. The van der Waals surface area contributed by atoms with E-state index in [1.165, 1.54) is 4.90 Å². The Labute approximate surface area is 212 Å². The van der Waals surface area contributed by atoms with Crippen LogP contribution in [0.25, 0.3) is 5.76 Å². The first-order chi connectivity index (χ1) is 17.1. The molecular formula is C30H32N2O4. The molecule has 1 aliphatic heterocycles. The number of anilines is 1. The van der Waals surface area contributed by atoms with Crippen molar-refractivity contribution in [2.75, 3.05) is 11.5 Å². The molecule has 0 bridgehead atoms. The van der Waals surface area contributed by atoms with Gasteiger partial charge in [0.25, 0.3) is 11.7 Å². The van der Waals surface area contributed by atoms with Gasteiger partial charge in [-0.2, -0.15) is 0 Å². The van der Waals surface area contributed by atoms with E-state index in [-0.39, 0.29) is 16.7 Å². The molecule has 6 heteroatoms. The number of aliphatic hydroxyl groups is 1. The number of hydrogen-bond acceptors (Lipinski definition) is 5. The summed E-state index contributed by atoms with van der Waals surface area (Å²) in [5.41, 5.74) is 2.55. The Morgan fingerprint density at radius 1 is 1.00 bits per heavy atom. The molecule has 1 unspecified atom stereocenters. The number of nitrogens with zero attached hydrogens (tertiary/aromatic N) is 2. The second kappa shape index (κ2) is 9.97. The van der Waals surface area contributed by atoms with Crippen molar-refractivity contribution in [3.63, 3.8) is 0 Å². The fraction of sp³-hybridized carbons (Fsp3) is 0.300. The highest BCUT2D eigenvalue weighted by Gasteiger charge is 2.47. The number of hydrogen-bond donors (Lipinski definition) is 1. The zero-order valence-corrected chi connectivity index (χ0v) is 21.4. The third-order valence-corrected chi connectivity index (χ3v) is 6.13. The summed E-state index contributed by atoms with van der Waals surface area (Å²) in [6.07, 6.45) is 1.61. The van der Waals surface area contributed by atoms with Crippen LogP contribution >= 0.6 is 0 Å². The normalized spacial score (nSPS) is 17.6. The summed E-state index contributed by atoms with van der Waals surface area (Å²) in [7, 11) is 0. The van der Waals surface area contributed by atoms with Crippen LogP contribution in [0.5, 0.6) is 5.75 Å². The van der Waals surface area contributed by atoms with Crippen molar-refractivity contribution in [1.29, 1.82) is 0 Å². The topological polar surface area (TPSA) is 79.7 Å². The lowest BCUT2D eigenvalue weighted by atomic mass is 9.87. The fourth-order valence-electron chi connectivity index (χ4n) is 4.17. The lowest BCUT2D eigenvalue weighted by Crippen LogP contribution is -2.30. The van der Waals surface area contributed by atoms with Crippen LogP contribution in [0.2, 0.25) is 0 Å². The Morgan fingerprint density at radius 2 is 1.67 bits per heavy atom. The predicted octanol–water partition coefficient (Wildman–Crippen LogP) is 6.04. The van der Waals surface area contributed by atoms with Gasteiger partial charge in [-0.3, -0.25) is 19.5 Å². The van der Waals surface area contributed by atoms with Gasteiger partial charge in [-0.25, -0.2) is 0 Å². The highest BCUT2D eigenvalue weighted by Crippen LogP contribution is 2.42. The lowest BCUT2D eigenvalue weighted by Gasteiger charge is -2.26. The van der Waals surface area contributed by atoms with Crippen molar-refractivity contribution in [1.82, 2.24) is 4.98 Å². The highest BCUT2D eigenvalue weighted by atomic mass is 16.5. The Kier molecular flexibility index (Phi) is 6.97. The average Bonchev–Trinajstić information content (AvgIpc) is 3.13. The monoisotopic (exact) mass is 484 g/mol. The van der Waals surface area contributed by atoms with Crippen LogP contribution in [0.15, 0.2) is 78.5 Å². The molecule has 1 saturated heterocycles. The second-order valence-corrected chi connectivity index (χ2v) is 10.4. The minimum Gasteiger partial charge on any atom is -0.507 e. The van der Waals surface area contributed by atoms with E-state index in [1.807, 2.05) is 24.3 Å². The SMILES string of the molecule is CC(C)COc1ccc(/C(O)=C2\C(=O)C(=O)N(c3ccc(C(C)(C)C)cc3)C2c2ccccn2)cc1. The Morgan fingerprint density at radius 3 is 2.22 bits per heavy atom. The molecule has 186 valence electrons. The van der Waals surface area contributed by atoms with Crippen LogP contribution < -0.4 is 9.64 Å². The van der Waals surface area contributed by atoms with Crippen LogP contribution in [-0.4, -0.2) is 28.4 Å². The van der Waals surface area contributed by atoms with Gasteiger partial charge in [-0.05, 0) is 65.4 Å². The van der Waals surface area contributed by atoms with Crippen molar-refractivity contribution in [3.8, 4) is 5.75 Å². The number of aliphatic hydroxyl groups excluding tert-OH is 1. The summed E-state index contributed by atoms with van der Waals surface area (Å²) in [5.74, 6) is -0.644. The molecule has 0 aliphatic carbocycles. The van der Waals surface area contributed by atoms with Crippen LogP contribution in [0.3, 0.4) is 0 Å². The smallest absolute Gasteiger partial charge is 0.300 e. The van der Waals surface area contributed by atoms with E-state index in [4.69, 9.17) is 4.74 Å². The van der Waals surface area contributed by atoms with Gasteiger partial charge in [0.15, 0.2) is 0 Å². The van der Waals surface area contributed by atoms with E-state index in [2.05, 4.69) is 39.6 Å². The molecule has 1 aromatic heterocycles. The summed E-state index contributed by atoms with van der Waals surface area (Å²) >= 11 is 0. The van der Waals surface area contributed by atoms with Crippen molar-refractivity contribution in [2.24, 2.45) is 5.92 Å². The van der Waals surface area contributed by atoms with Gasteiger partial charge in [-0.1, -0.05) is 52.8 Å². The second-order valence-electron chi connectivity index (χ2n) is 10.4. The average molecular weight is 485 g/mol. The number of benzene rings is 2. The molecule has 1 N–H and O–H groups in total. The Bertz CT molecular complexity index is 1270. The van der Waals surface area contributed by atoms with Gasteiger partial charge < -0.3 is 9.84 Å².